The molecule has 0 aromatic carbocycles. The van der Waals surface area contributed by atoms with Crippen LogP contribution in [0.5, 0.6) is 0 Å². The molecule has 154 valence electrons. The number of thiophene rings is 1. The van der Waals surface area contributed by atoms with Crippen LogP contribution >= 0.6 is 11.3 Å². The summed E-state index contributed by atoms with van der Waals surface area (Å²) >= 11 is 1.50. The van der Waals surface area contributed by atoms with Crippen LogP contribution in [-0.2, 0) is 9.53 Å². The Morgan fingerprint density at radius 3 is 2.66 bits per heavy atom. The Balaban J connectivity index is 1.44. The number of aromatic nitrogens is 1. The molecule has 1 unspecified atom stereocenters. The van der Waals surface area contributed by atoms with Crippen LogP contribution < -0.4 is 0 Å². The summed E-state index contributed by atoms with van der Waals surface area (Å²) in [5.74, 6) is 0.831. The lowest BCUT2D eigenvalue weighted by Gasteiger charge is -2.27. The maximum absolute atomic E-state index is 13.3. The van der Waals surface area contributed by atoms with Crippen LogP contribution in [0.1, 0.15) is 53.3 Å². The van der Waals surface area contributed by atoms with Crippen LogP contribution in [0, 0.1) is 5.92 Å². The van der Waals surface area contributed by atoms with Gasteiger partial charge in [-0.2, -0.15) is 0 Å². The lowest BCUT2D eigenvalue weighted by atomic mass is 9.95. The van der Waals surface area contributed by atoms with E-state index in [9.17, 15) is 9.59 Å². The van der Waals surface area contributed by atoms with Gasteiger partial charge in [-0.15, -0.1) is 11.3 Å². The molecule has 0 radical (unpaired) electrons. The molecule has 3 aliphatic rings. The van der Waals surface area contributed by atoms with E-state index in [-0.39, 0.29) is 17.7 Å². The third kappa shape index (κ3) is 3.55. The van der Waals surface area contributed by atoms with Gasteiger partial charge in [-0.1, -0.05) is 18.9 Å². The highest BCUT2D eigenvalue weighted by Gasteiger charge is 2.36. The fraction of sp³-hybridized carbons (Fsp3) is 0.591. The number of carbonyl (C=O) groups is 2. The molecule has 1 atom stereocenters. The zero-order valence-corrected chi connectivity index (χ0v) is 17.5. The number of fused-ring (bicyclic) bond motifs is 1. The number of nitrogens with zero attached hydrogens (tertiary/aromatic N) is 3. The fourth-order valence-corrected chi connectivity index (χ4v) is 6.25. The highest BCUT2D eigenvalue weighted by Crippen LogP contribution is 2.41. The molecule has 5 rings (SSSR count). The molecule has 0 spiro atoms. The van der Waals surface area contributed by atoms with Crippen molar-refractivity contribution >= 4 is 33.4 Å². The van der Waals surface area contributed by atoms with E-state index in [0.29, 0.717) is 32.2 Å². The maximum atomic E-state index is 13.3. The van der Waals surface area contributed by atoms with Crippen molar-refractivity contribution in [2.45, 2.75) is 38.0 Å². The Morgan fingerprint density at radius 2 is 1.86 bits per heavy atom. The van der Waals surface area contributed by atoms with Gasteiger partial charge in [0.15, 0.2) is 0 Å². The first-order chi connectivity index (χ1) is 14.2. The first kappa shape index (κ1) is 19.0. The van der Waals surface area contributed by atoms with E-state index in [1.165, 1.54) is 24.2 Å². The van der Waals surface area contributed by atoms with Gasteiger partial charge in [-0.3, -0.25) is 9.59 Å². The van der Waals surface area contributed by atoms with E-state index in [1.807, 2.05) is 15.9 Å². The van der Waals surface area contributed by atoms with E-state index >= 15 is 0 Å². The predicted octanol–water partition coefficient (Wildman–Crippen LogP) is 3.27. The van der Waals surface area contributed by atoms with E-state index in [1.54, 1.807) is 6.20 Å². The summed E-state index contributed by atoms with van der Waals surface area (Å²) in [5, 5.41) is 1.08. The number of hydrogen-bond acceptors (Lipinski definition) is 5. The second-order valence-corrected chi connectivity index (χ2v) is 9.36. The molecule has 1 saturated carbocycles. The standard InChI is InChI=1S/C22H27N3O3S/c26-21(15-4-1-2-5-15)25-9-7-16(14-25)18-17-6-3-8-23-20(17)29-19(18)22(27)24-10-12-28-13-11-24/h3,6,8,15-16H,1-2,4-5,7,9-14H2. The number of pyridine rings is 1. The molecule has 2 saturated heterocycles. The van der Waals surface area contributed by atoms with Crippen LogP contribution in [0.3, 0.4) is 0 Å². The van der Waals surface area contributed by atoms with E-state index in [4.69, 9.17) is 4.74 Å². The molecule has 4 heterocycles. The summed E-state index contributed by atoms with van der Waals surface area (Å²) in [4.78, 5) is 36.4. The maximum Gasteiger partial charge on any atom is 0.264 e. The van der Waals surface area contributed by atoms with Crippen LogP contribution in [0.4, 0.5) is 0 Å². The number of hydrogen-bond donors (Lipinski definition) is 0. The normalized spacial score (nSPS) is 23.2. The molecule has 2 amide bonds. The van der Waals surface area contributed by atoms with Crippen LogP contribution in [0.25, 0.3) is 10.2 Å². The zero-order chi connectivity index (χ0) is 19.8. The summed E-state index contributed by atoms with van der Waals surface area (Å²) in [6.45, 7) is 3.98. The smallest absolute Gasteiger partial charge is 0.264 e. The molecule has 2 aromatic heterocycles. The minimum absolute atomic E-state index is 0.0897. The number of amides is 2. The zero-order valence-electron chi connectivity index (χ0n) is 16.6. The van der Waals surface area contributed by atoms with Gasteiger partial charge in [0, 0.05) is 49.6 Å². The summed E-state index contributed by atoms with van der Waals surface area (Å²) < 4.78 is 5.42. The molecular weight excluding hydrogens is 386 g/mol. The van der Waals surface area contributed by atoms with Crippen molar-refractivity contribution in [3.05, 3.63) is 28.8 Å². The molecule has 0 bridgehead atoms. The highest BCUT2D eigenvalue weighted by atomic mass is 32.1. The third-order valence-corrected chi connectivity index (χ3v) is 7.73. The molecular formula is C22H27N3O3S. The van der Waals surface area contributed by atoms with Gasteiger partial charge in [0.25, 0.3) is 5.91 Å². The van der Waals surface area contributed by atoms with Crippen molar-refractivity contribution in [3.63, 3.8) is 0 Å². The number of likely N-dealkylation sites (tertiary alicyclic amines) is 1. The van der Waals surface area contributed by atoms with Crippen molar-refractivity contribution < 1.29 is 14.3 Å². The lowest BCUT2D eigenvalue weighted by Crippen LogP contribution is -2.40. The summed E-state index contributed by atoms with van der Waals surface area (Å²) in [6, 6.07) is 4.02. The van der Waals surface area contributed by atoms with Crippen molar-refractivity contribution in [2.75, 3.05) is 39.4 Å². The van der Waals surface area contributed by atoms with Crippen LogP contribution in [-0.4, -0.2) is 66.0 Å². The average molecular weight is 414 g/mol. The van der Waals surface area contributed by atoms with Gasteiger partial charge in [0.2, 0.25) is 5.91 Å². The van der Waals surface area contributed by atoms with E-state index in [2.05, 4.69) is 11.1 Å². The van der Waals surface area contributed by atoms with Crippen molar-refractivity contribution in [2.24, 2.45) is 5.92 Å². The molecule has 6 nitrogen and oxygen atoms in total. The lowest BCUT2D eigenvalue weighted by molar-refractivity contribution is -0.134. The first-order valence-electron chi connectivity index (χ1n) is 10.8. The van der Waals surface area contributed by atoms with Gasteiger partial charge in [-0.25, -0.2) is 4.98 Å². The Morgan fingerprint density at radius 1 is 1.07 bits per heavy atom. The monoisotopic (exact) mass is 413 g/mol. The molecule has 3 fully saturated rings. The first-order valence-corrected chi connectivity index (χ1v) is 11.6. The number of rotatable bonds is 3. The number of carbonyl (C=O) groups excluding carboxylic acids is 2. The number of ether oxygens (including phenoxy) is 1. The van der Waals surface area contributed by atoms with Gasteiger partial charge in [0.05, 0.1) is 18.1 Å². The number of morpholine rings is 1. The summed E-state index contributed by atoms with van der Waals surface area (Å²) in [6.07, 6.45) is 7.12. The van der Waals surface area contributed by atoms with Gasteiger partial charge in [-0.05, 0) is 30.9 Å². The Hall–Kier alpha value is -1.99. The van der Waals surface area contributed by atoms with Crippen LogP contribution in [0.2, 0.25) is 0 Å². The fourth-order valence-electron chi connectivity index (χ4n) is 5.05. The third-order valence-electron chi connectivity index (χ3n) is 6.61. The van der Waals surface area contributed by atoms with E-state index in [0.717, 1.165) is 53.0 Å². The Labute approximate surface area is 174 Å². The topological polar surface area (TPSA) is 62.7 Å². The van der Waals surface area contributed by atoms with Crippen molar-refractivity contribution in [1.82, 2.24) is 14.8 Å². The highest BCUT2D eigenvalue weighted by molar-refractivity contribution is 7.20. The molecule has 2 aliphatic heterocycles. The second-order valence-electron chi connectivity index (χ2n) is 8.36. The molecule has 7 heteroatoms. The molecule has 0 N–H and O–H groups in total. The van der Waals surface area contributed by atoms with Gasteiger partial charge >= 0.3 is 0 Å². The van der Waals surface area contributed by atoms with E-state index < -0.39 is 0 Å². The quantitative estimate of drug-likeness (QED) is 0.775. The minimum Gasteiger partial charge on any atom is -0.378 e. The molecule has 29 heavy (non-hydrogen) atoms. The van der Waals surface area contributed by atoms with Crippen molar-refractivity contribution in [1.29, 1.82) is 0 Å². The summed E-state index contributed by atoms with van der Waals surface area (Å²) in [5.41, 5.74) is 1.11. The molecule has 2 aromatic rings. The molecule has 1 aliphatic carbocycles. The Bertz CT molecular complexity index is 915. The summed E-state index contributed by atoms with van der Waals surface area (Å²) in [7, 11) is 0. The Kier molecular flexibility index (Phi) is 5.26. The minimum atomic E-state index is 0.0897. The van der Waals surface area contributed by atoms with Crippen LogP contribution in [0.15, 0.2) is 18.3 Å². The van der Waals surface area contributed by atoms with Gasteiger partial charge < -0.3 is 14.5 Å². The SMILES string of the molecule is O=C(c1sc2ncccc2c1C1CCN(C(=O)C2CCCC2)C1)N1CCOCC1. The predicted molar refractivity (Wildman–Crippen MR) is 112 cm³/mol. The van der Waals surface area contributed by atoms with Crippen molar-refractivity contribution in [3.8, 4) is 0 Å². The van der Waals surface area contributed by atoms with Gasteiger partial charge in [0.1, 0.15) is 4.83 Å². The average Bonchev–Trinajstić information content (AvgIpc) is 3.52. The second kappa shape index (κ2) is 8.03. The largest absolute Gasteiger partial charge is 0.378 e.